The molecule has 1 saturated heterocycles. The van der Waals surface area contributed by atoms with Gasteiger partial charge in [0.05, 0.1) is 29.5 Å². The van der Waals surface area contributed by atoms with Crippen LogP contribution >= 0.6 is 11.6 Å². The zero-order valence-corrected chi connectivity index (χ0v) is 14.6. The third-order valence-corrected chi connectivity index (χ3v) is 5.39. The molecule has 0 atom stereocenters. The lowest BCUT2D eigenvalue weighted by molar-refractivity contribution is 0.122. The molecule has 2 aromatic rings. The standard InChI is InChI=1S/C16H15ClF2N2O3S/c17-11-1-3-12(4-2-11)25(22,23)20-15-9-13(18)14(19)10-16(15)21-5-7-24-8-6-21/h1-4,9-10,20H,5-8H2. The average molecular weight is 389 g/mol. The van der Waals surface area contributed by atoms with Gasteiger partial charge in [0.2, 0.25) is 0 Å². The maximum absolute atomic E-state index is 13.7. The van der Waals surface area contributed by atoms with Crippen LogP contribution in [0.5, 0.6) is 0 Å². The van der Waals surface area contributed by atoms with Gasteiger partial charge in [-0.3, -0.25) is 4.72 Å². The second-order valence-corrected chi connectivity index (χ2v) is 7.56. The molecule has 25 heavy (non-hydrogen) atoms. The Balaban J connectivity index is 1.98. The van der Waals surface area contributed by atoms with Crippen molar-refractivity contribution in [3.63, 3.8) is 0 Å². The van der Waals surface area contributed by atoms with Crippen LogP contribution in [0.1, 0.15) is 0 Å². The lowest BCUT2D eigenvalue weighted by atomic mass is 10.2. The quantitative estimate of drug-likeness (QED) is 0.873. The van der Waals surface area contributed by atoms with E-state index in [9.17, 15) is 17.2 Å². The van der Waals surface area contributed by atoms with Crippen molar-refractivity contribution < 1.29 is 21.9 Å². The van der Waals surface area contributed by atoms with Gasteiger partial charge in [-0.15, -0.1) is 0 Å². The van der Waals surface area contributed by atoms with Crippen molar-refractivity contribution in [3.8, 4) is 0 Å². The highest BCUT2D eigenvalue weighted by molar-refractivity contribution is 7.92. The van der Waals surface area contributed by atoms with Gasteiger partial charge >= 0.3 is 0 Å². The summed E-state index contributed by atoms with van der Waals surface area (Å²) in [6, 6.07) is 7.36. The number of benzene rings is 2. The van der Waals surface area contributed by atoms with Crippen molar-refractivity contribution in [1.29, 1.82) is 0 Å². The van der Waals surface area contributed by atoms with E-state index in [1.165, 1.54) is 24.3 Å². The Labute approximate surface area is 149 Å². The number of morpholine rings is 1. The minimum Gasteiger partial charge on any atom is -0.378 e. The Morgan fingerprint density at radius 3 is 2.28 bits per heavy atom. The monoisotopic (exact) mass is 388 g/mol. The van der Waals surface area contributed by atoms with Crippen molar-refractivity contribution >= 4 is 33.0 Å². The van der Waals surface area contributed by atoms with Gasteiger partial charge in [0.1, 0.15) is 0 Å². The fourth-order valence-electron chi connectivity index (χ4n) is 2.50. The summed E-state index contributed by atoms with van der Waals surface area (Å²) in [4.78, 5) is 1.71. The molecule has 0 radical (unpaired) electrons. The van der Waals surface area contributed by atoms with Crippen molar-refractivity contribution in [3.05, 3.63) is 53.1 Å². The zero-order chi connectivity index (χ0) is 18.0. The SMILES string of the molecule is O=S(=O)(Nc1cc(F)c(F)cc1N1CCOCC1)c1ccc(Cl)cc1. The first-order valence-corrected chi connectivity index (χ1v) is 9.33. The molecule has 3 rings (SSSR count). The number of nitrogens with one attached hydrogen (secondary N) is 1. The van der Waals surface area contributed by atoms with Gasteiger partial charge in [-0.2, -0.15) is 0 Å². The second kappa shape index (κ2) is 7.15. The molecular weight excluding hydrogens is 374 g/mol. The van der Waals surface area contributed by atoms with E-state index >= 15 is 0 Å². The van der Waals surface area contributed by atoms with Crippen LogP contribution in [0.2, 0.25) is 5.02 Å². The normalized spacial score (nSPS) is 15.2. The molecule has 0 bridgehead atoms. The lowest BCUT2D eigenvalue weighted by Crippen LogP contribution is -2.37. The minimum atomic E-state index is -3.98. The average Bonchev–Trinajstić information content (AvgIpc) is 2.59. The molecular formula is C16H15ClF2N2O3S. The molecule has 2 aromatic carbocycles. The maximum Gasteiger partial charge on any atom is 0.261 e. The third-order valence-electron chi connectivity index (χ3n) is 3.76. The number of hydrogen-bond donors (Lipinski definition) is 1. The van der Waals surface area contributed by atoms with E-state index in [1.807, 2.05) is 0 Å². The molecule has 1 fully saturated rings. The van der Waals surface area contributed by atoms with Gasteiger partial charge in [0.15, 0.2) is 11.6 Å². The van der Waals surface area contributed by atoms with Crippen LogP contribution in [-0.4, -0.2) is 34.7 Å². The fourth-order valence-corrected chi connectivity index (χ4v) is 3.69. The van der Waals surface area contributed by atoms with Crippen LogP contribution in [0.3, 0.4) is 0 Å². The number of sulfonamides is 1. The van der Waals surface area contributed by atoms with Crippen LogP contribution in [0, 0.1) is 11.6 Å². The first kappa shape index (κ1) is 17.9. The smallest absolute Gasteiger partial charge is 0.261 e. The van der Waals surface area contributed by atoms with E-state index in [0.717, 1.165) is 12.1 Å². The summed E-state index contributed by atoms with van der Waals surface area (Å²) >= 11 is 5.76. The predicted octanol–water partition coefficient (Wildman–Crippen LogP) is 3.26. The second-order valence-electron chi connectivity index (χ2n) is 5.44. The Hall–Kier alpha value is -1.90. The van der Waals surface area contributed by atoms with Crippen molar-refractivity contribution in [2.24, 2.45) is 0 Å². The molecule has 0 spiro atoms. The van der Waals surface area contributed by atoms with Crippen LogP contribution in [0.15, 0.2) is 41.3 Å². The molecule has 5 nitrogen and oxygen atoms in total. The van der Waals surface area contributed by atoms with Crippen molar-refractivity contribution in [2.75, 3.05) is 35.9 Å². The van der Waals surface area contributed by atoms with E-state index in [2.05, 4.69) is 4.72 Å². The van der Waals surface area contributed by atoms with Crippen LogP contribution in [-0.2, 0) is 14.8 Å². The Morgan fingerprint density at radius 1 is 1.04 bits per heavy atom. The van der Waals surface area contributed by atoms with Gasteiger partial charge in [-0.1, -0.05) is 11.6 Å². The molecule has 0 aromatic heterocycles. The lowest BCUT2D eigenvalue weighted by Gasteiger charge is -2.30. The molecule has 134 valence electrons. The number of anilines is 2. The molecule has 0 aliphatic carbocycles. The molecule has 9 heteroatoms. The molecule has 1 aliphatic rings. The molecule has 1 aliphatic heterocycles. The third kappa shape index (κ3) is 4.02. The van der Waals surface area contributed by atoms with Crippen molar-refractivity contribution in [2.45, 2.75) is 4.90 Å². The molecule has 1 N–H and O–H groups in total. The number of ether oxygens (including phenoxy) is 1. The van der Waals surface area contributed by atoms with Crippen LogP contribution < -0.4 is 9.62 Å². The van der Waals surface area contributed by atoms with E-state index in [4.69, 9.17) is 16.3 Å². The van der Waals surface area contributed by atoms with Gasteiger partial charge in [-0.25, -0.2) is 17.2 Å². The summed E-state index contributed by atoms with van der Waals surface area (Å²) in [5.74, 6) is -2.18. The van der Waals surface area contributed by atoms with E-state index < -0.39 is 21.7 Å². The van der Waals surface area contributed by atoms with Crippen LogP contribution in [0.25, 0.3) is 0 Å². The summed E-state index contributed by atoms with van der Waals surface area (Å²) in [6.45, 7) is 1.73. The topological polar surface area (TPSA) is 58.6 Å². The molecule has 1 heterocycles. The summed E-state index contributed by atoms with van der Waals surface area (Å²) in [5, 5.41) is 0.390. The molecule has 0 unspecified atom stereocenters. The number of nitrogens with zero attached hydrogens (tertiary/aromatic N) is 1. The molecule has 0 amide bonds. The van der Waals surface area contributed by atoms with E-state index in [1.54, 1.807) is 4.90 Å². The Bertz CT molecular complexity index is 870. The highest BCUT2D eigenvalue weighted by Crippen LogP contribution is 2.31. The highest BCUT2D eigenvalue weighted by Gasteiger charge is 2.22. The predicted molar refractivity (Wildman–Crippen MR) is 91.7 cm³/mol. The fraction of sp³-hybridized carbons (Fsp3) is 0.250. The summed E-state index contributed by atoms with van der Waals surface area (Å²) in [5.41, 5.74) is 0.232. The van der Waals surface area contributed by atoms with Gasteiger partial charge in [0, 0.05) is 30.2 Å². The number of halogens is 3. The van der Waals surface area contributed by atoms with Gasteiger partial charge in [0.25, 0.3) is 10.0 Å². The summed E-state index contributed by atoms with van der Waals surface area (Å²) < 4.78 is 60.0. The highest BCUT2D eigenvalue weighted by atomic mass is 35.5. The maximum atomic E-state index is 13.7. The van der Waals surface area contributed by atoms with Crippen LogP contribution in [0.4, 0.5) is 20.2 Å². The largest absolute Gasteiger partial charge is 0.378 e. The number of hydrogen-bond acceptors (Lipinski definition) is 4. The van der Waals surface area contributed by atoms with E-state index in [0.29, 0.717) is 31.3 Å². The van der Waals surface area contributed by atoms with Gasteiger partial charge in [-0.05, 0) is 24.3 Å². The minimum absolute atomic E-state index is 0.0317. The summed E-state index contributed by atoms with van der Waals surface area (Å²) in [6.07, 6.45) is 0. The number of rotatable bonds is 4. The Kier molecular flexibility index (Phi) is 5.12. The zero-order valence-electron chi connectivity index (χ0n) is 13.0. The Morgan fingerprint density at radius 2 is 1.64 bits per heavy atom. The molecule has 0 saturated carbocycles. The van der Waals surface area contributed by atoms with Gasteiger partial charge < -0.3 is 9.64 Å². The summed E-state index contributed by atoms with van der Waals surface area (Å²) in [7, 11) is -3.98. The first-order chi connectivity index (χ1) is 11.9. The van der Waals surface area contributed by atoms with Crippen molar-refractivity contribution in [1.82, 2.24) is 0 Å². The first-order valence-electron chi connectivity index (χ1n) is 7.47. The van der Waals surface area contributed by atoms with E-state index in [-0.39, 0.29) is 16.3 Å².